The van der Waals surface area contributed by atoms with Gasteiger partial charge in [0.2, 0.25) is 0 Å². The summed E-state index contributed by atoms with van der Waals surface area (Å²) in [6, 6.07) is 0.785. The molecule has 0 aromatic carbocycles. The van der Waals surface area contributed by atoms with E-state index in [1.807, 2.05) is 0 Å². The smallest absolute Gasteiger partial charge is 0.0954 e. The third kappa shape index (κ3) is 1.69. The lowest BCUT2D eigenvalue weighted by molar-refractivity contribution is 0.419. The van der Waals surface area contributed by atoms with E-state index in [0.29, 0.717) is 0 Å². The first-order chi connectivity index (χ1) is 7.38. The van der Waals surface area contributed by atoms with Gasteiger partial charge in [0.1, 0.15) is 0 Å². The molecular weight excluding hydrogens is 186 g/mol. The summed E-state index contributed by atoms with van der Waals surface area (Å²) in [6.45, 7) is 0.823. The van der Waals surface area contributed by atoms with Gasteiger partial charge in [0.05, 0.1) is 12.0 Å². The predicted molar refractivity (Wildman–Crippen MR) is 59.7 cm³/mol. The first-order valence-corrected chi connectivity index (χ1v) is 6.13. The van der Waals surface area contributed by atoms with Crippen molar-refractivity contribution in [1.29, 1.82) is 0 Å². The zero-order valence-electron chi connectivity index (χ0n) is 9.15. The Labute approximate surface area is 90.7 Å². The number of fused-ring (bicyclic) bond motifs is 1. The zero-order valence-corrected chi connectivity index (χ0v) is 9.15. The average molecular weight is 205 g/mol. The van der Waals surface area contributed by atoms with Crippen molar-refractivity contribution in [3.05, 3.63) is 17.7 Å². The topological polar surface area (TPSA) is 43.8 Å². The van der Waals surface area contributed by atoms with Gasteiger partial charge in [0.15, 0.2) is 0 Å². The highest BCUT2D eigenvalue weighted by atomic mass is 15.1. The Bertz CT molecular complexity index is 352. The Balaban J connectivity index is 1.79. The number of aromatic nitrogens is 2. The normalized spacial score (nSPS) is 25.3. The number of hydrogen-bond acceptors (Lipinski definition) is 2. The molecule has 2 aliphatic rings. The van der Waals surface area contributed by atoms with Gasteiger partial charge in [-0.3, -0.25) is 0 Å². The summed E-state index contributed by atoms with van der Waals surface area (Å²) in [5.74, 6) is 0.782. The molecule has 2 N–H and O–H groups in total. The highest BCUT2D eigenvalue weighted by Crippen LogP contribution is 2.38. The van der Waals surface area contributed by atoms with Crippen LogP contribution in [-0.2, 0) is 12.8 Å². The number of hydrogen-bond donors (Lipinski definition) is 1. The molecule has 1 atom stereocenters. The molecule has 0 bridgehead atoms. The zero-order chi connectivity index (χ0) is 10.3. The van der Waals surface area contributed by atoms with Crippen LogP contribution in [0.3, 0.4) is 0 Å². The van der Waals surface area contributed by atoms with Crippen molar-refractivity contribution < 1.29 is 0 Å². The van der Waals surface area contributed by atoms with E-state index in [1.54, 1.807) is 0 Å². The summed E-state index contributed by atoms with van der Waals surface area (Å²) in [5.41, 5.74) is 8.49. The Morgan fingerprint density at radius 3 is 3.00 bits per heavy atom. The molecule has 1 saturated carbocycles. The highest BCUT2D eigenvalue weighted by Gasteiger charge is 2.29. The molecule has 82 valence electrons. The minimum absolute atomic E-state index is 0.782. The van der Waals surface area contributed by atoms with E-state index in [2.05, 4.69) is 15.9 Å². The molecule has 1 fully saturated rings. The van der Waals surface area contributed by atoms with E-state index in [0.717, 1.165) is 31.3 Å². The van der Waals surface area contributed by atoms with Gasteiger partial charge in [-0.05, 0) is 51.0 Å². The molecule has 3 rings (SSSR count). The van der Waals surface area contributed by atoms with E-state index in [9.17, 15) is 0 Å². The molecule has 1 aromatic rings. The standard InChI is InChI=1S/C12H19N3/c13-6-5-9-1-4-12-11(7-9)14-8-15(12)10-2-3-10/h8-10H,1-7,13H2. The van der Waals surface area contributed by atoms with Crippen molar-refractivity contribution in [1.82, 2.24) is 9.55 Å². The largest absolute Gasteiger partial charge is 0.331 e. The summed E-state index contributed by atoms with van der Waals surface area (Å²) in [6.07, 6.45) is 9.62. The van der Waals surface area contributed by atoms with Gasteiger partial charge in [0, 0.05) is 11.7 Å². The van der Waals surface area contributed by atoms with Gasteiger partial charge in [-0.15, -0.1) is 0 Å². The summed E-state index contributed by atoms with van der Waals surface area (Å²) in [5, 5.41) is 0. The van der Waals surface area contributed by atoms with Crippen LogP contribution in [0.2, 0.25) is 0 Å². The lowest BCUT2D eigenvalue weighted by atomic mass is 9.87. The van der Waals surface area contributed by atoms with Gasteiger partial charge in [0.25, 0.3) is 0 Å². The monoisotopic (exact) mass is 205 g/mol. The van der Waals surface area contributed by atoms with Crippen molar-refractivity contribution in [3.63, 3.8) is 0 Å². The van der Waals surface area contributed by atoms with Gasteiger partial charge < -0.3 is 10.3 Å². The van der Waals surface area contributed by atoms with Gasteiger partial charge >= 0.3 is 0 Å². The maximum atomic E-state index is 5.62. The molecule has 0 spiro atoms. The second kappa shape index (κ2) is 3.63. The van der Waals surface area contributed by atoms with E-state index in [-0.39, 0.29) is 0 Å². The summed E-state index contributed by atoms with van der Waals surface area (Å²) in [4.78, 5) is 4.57. The molecule has 0 aliphatic heterocycles. The van der Waals surface area contributed by atoms with Crippen molar-refractivity contribution in [2.24, 2.45) is 11.7 Å². The van der Waals surface area contributed by atoms with Crippen molar-refractivity contribution in [2.45, 2.75) is 44.6 Å². The second-order valence-electron chi connectivity index (χ2n) is 4.96. The second-order valence-corrected chi connectivity index (χ2v) is 4.96. The Kier molecular flexibility index (Phi) is 2.28. The maximum Gasteiger partial charge on any atom is 0.0954 e. The summed E-state index contributed by atoms with van der Waals surface area (Å²) >= 11 is 0. The van der Waals surface area contributed by atoms with Gasteiger partial charge in [-0.25, -0.2) is 4.98 Å². The molecule has 1 heterocycles. The third-order valence-corrected chi connectivity index (χ3v) is 3.77. The molecule has 0 amide bonds. The predicted octanol–water partition coefficient (Wildman–Crippen LogP) is 1.67. The fraction of sp³-hybridized carbons (Fsp3) is 0.750. The van der Waals surface area contributed by atoms with Crippen LogP contribution in [0.25, 0.3) is 0 Å². The molecular formula is C12H19N3. The van der Waals surface area contributed by atoms with Crippen LogP contribution in [0.4, 0.5) is 0 Å². The fourth-order valence-electron chi connectivity index (χ4n) is 2.73. The average Bonchev–Trinajstić information content (AvgIpc) is 3.00. The quantitative estimate of drug-likeness (QED) is 0.815. The first kappa shape index (κ1) is 9.40. The van der Waals surface area contributed by atoms with Crippen LogP contribution in [0, 0.1) is 5.92 Å². The number of rotatable bonds is 3. The van der Waals surface area contributed by atoms with Crippen molar-refractivity contribution >= 4 is 0 Å². The van der Waals surface area contributed by atoms with Crippen LogP contribution in [0.5, 0.6) is 0 Å². The summed E-state index contributed by atoms with van der Waals surface area (Å²) < 4.78 is 2.42. The number of nitrogens with two attached hydrogens (primary N) is 1. The lowest BCUT2D eigenvalue weighted by Crippen LogP contribution is -2.19. The first-order valence-electron chi connectivity index (χ1n) is 6.13. The lowest BCUT2D eigenvalue weighted by Gasteiger charge is -2.22. The van der Waals surface area contributed by atoms with E-state index in [1.165, 1.54) is 37.1 Å². The number of nitrogens with zero attached hydrogens (tertiary/aromatic N) is 2. The molecule has 15 heavy (non-hydrogen) atoms. The minimum atomic E-state index is 0.782. The van der Waals surface area contributed by atoms with Crippen LogP contribution in [0.15, 0.2) is 6.33 Å². The van der Waals surface area contributed by atoms with Crippen LogP contribution >= 0.6 is 0 Å². The minimum Gasteiger partial charge on any atom is -0.331 e. The van der Waals surface area contributed by atoms with Crippen LogP contribution < -0.4 is 5.73 Å². The molecule has 1 unspecified atom stereocenters. The van der Waals surface area contributed by atoms with Gasteiger partial charge in [-0.2, -0.15) is 0 Å². The van der Waals surface area contributed by atoms with Crippen LogP contribution in [0.1, 0.15) is 43.1 Å². The van der Waals surface area contributed by atoms with Crippen LogP contribution in [-0.4, -0.2) is 16.1 Å². The highest BCUT2D eigenvalue weighted by molar-refractivity contribution is 5.19. The third-order valence-electron chi connectivity index (χ3n) is 3.77. The van der Waals surface area contributed by atoms with Gasteiger partial charge in [-0.1, -0.05) is 0 Å². The van der Waals surface area contributed by atoms with E-state index in [4.69, 9.17) is 5.73 Å². The van der Waals surface area contributed by atoms with Crippen molar-refractivity contribution in [3.8, 4) is 0 Å². The molecule has 3 heteroatoms. The Morgan fingerprint density at radius 1 is 1.40 bits per heavy atom. The molecule has 0 radical (unpaired) electrons. The molecule has 2 aliphatic carbocycles. The van der Waals surface area contributed by atoms with Crippen molar-refractivity contribution in [2.75, 3.05) is 6.54 Å². The molecule has 3 nitrogen and oxygen atoms in total. The number of imidazole rings is 1. The maximum absolute atomic E-state index is 5.62. The summed E-state index contributed by atoms with van der Waals surface area (Å²) in [7, 11) is 0. The van der Waals surface area contributed by atoms with E-state index >= 15 is 0 Å². The van der Waals surface area contributed by atoms with E-state index < -0.39 is 0 Å². The molecule has 1 aromatic heterocycles. The SMILES string of the molecule is NCCC1CCc2c(ncn2C2CC2)C1. The Morgan fingerprint density at radius 2 is 2.27 bits per heavy atom. The fourth-order valence-corrected chi connectivity index (χ4v) is 2.73. The Hall–Kier alpha value is -0.830. The molecule has 0 saturated heterocycles.